The molecule has 1 atom stereocenters. The molecule has 0 spiro atoms. The molecule has 0 aliphatic carbocycles. The van der Waals surface area contributed by atoms with Gasteiger partial charge in [-0.25, -0.2) is 9.37 Å². The first kappa shape index (κ1) is 22.5. The minimum Gasteiger partial charge on any atom is -0.493 e. The van der Waals surface area contributed by atoms with E-state index in [9.17, 15) is 9.18 Å². The highest BCUT2D eigenvalue weighted by Crippen LogP contribution is 2.32. The molecule has 1 N–H and O–H groups in total. The number of amides is 1. The Hall–Kier alpha value is -3.27. The number of likely N-dealkylation sites (tertiary alicyclic amines) is 1. The first-order valence-electron chi connectivity index (χ1n) is 11.8. The number of carbonyl (C=O) groups is 1. The summed E-state index contributed by atoms with van der Waals surface area (Å²) in [6.07, 6.45) is 6.94. The Morgan fingerprint density at radius 2 is 2.18 bits per heavy atom. The lowest BCUT2D eigenvalue weighted by Crippen LogP contribution is -2.38. The van der Waals surface area contributed by atoms with Crippen LogP contribution in [0.5, 0.6) is 5.75 Å². The minimum absolute atomic E-state index is 0.168. The average molecular weight is 468 g/mol. The van der Waals surface area contributed by atoms with Crippen LogP contribution < -0.4 is 10.1 Å². The highest BCUT2D eigenvalue weighted by Gasteiger charge is 2.25. The molecule has 1 unspecified atom stereocenters. The zero-order valence-electron chi connectivity index (χ0n) is 19.6. The van der Waals surface area contributed by atoms with Crippen molar-refractivity contribution in [3.8, 4) is 5.75 Å². The predicted octanol–water partition coefficient (Wildman–Crippen LogP) is 2.47. The number of nitrogens with zero attached hydrogens (tertiary/aromatic N) is 6. The Morgan fingerprint density at radius 1 is 1.29 bits per heavy atom. The number of hydrogen-bond acceptors (Lipinski definition) is 7. The van der Waals surface area contributed by atoms with Crippen LogP contribution in [0.25, 0.3) is 5.65 Å². The van der Waals surface area contributed by atoms with Crippen LogP contribution in [0.4, 0.5) is 10.3 Å². The minimum atomic E-state index is -0.250. The van der Waals surface area contributed by atoms with Gasteiger partial charge in [0.05, 0.1) is 13.2 Å². The third-order valence-corrected chi connectivity index (χ3v) is 6.70. The number of likely N-dealkylation sites (N-methyl/N-ethyl adjacent to an activating group) is 1. The standard InChI is InChI=1S/C24H30FN7O2/c1-30(2)14-22(33)31-9-3-4-16(7-10-31)18-12-26-24(32-15-28-29-23(18)32)27-13-19-17-8-11-34-21(17)6-5-20(19)25/h5-6,12,15-16H,3-4,7-11,13-14H2,1-2H3,(H,26,27). The normalized spacial score (nSPS) is 18.1. The average Bonchev–Trinajstić information content (AvgIpc) is 3.42. The maximum atomic E-state index is 14.5. The van der Waals surface area contributed by atoms with Crippen molar-refractivity contribution in [2.75, 3.05) is 45.7 Å². The number of ether oxygens (including phenoxy) is 1. The van der Waals surface area contributed by atoms with Crippen LogP contribution >= 0.6 is 0 Å². The van der Waals surface area contributed by atoms with Gasteiger partial charge in [-0.05, 0) is 51.4 Å². The van der Waals surface area contributed by atoms with Gasteiger partial charge in [0.15, 0.2) is 5.65 Å². The molecule has 2 aromatic heterocycles. The van der Waals surface area contributed by atoms with E-state index in [1.165, 1.54) is 6.07 Å². The largest absolute Gasteiger partial charge is 0.493 e. The fourth-order valence-corrected chi connectivity index (χ4v) is 4.96. The Balaban J connectivity index is 1.33. The molecule has 0 radical (unpaired) electrons. The van der Waals surface area contributed by atoms with Crippen molar-refractivity contribution in [1.82, 2.24) is 29.4 Å². The summed E-state index contributed by atoms with van der Waals surface area (Å²) in [5.41, 5.74) is 3.30. The quantitative estimate of drug-likeness (QED) is 0.596. The van der Waals surface area contributed by atoms with Crippen LogP contribution in [0.3, 0.4) is 0 Å². The lowest BCUT2D eigenvalue weighted by molar-refractivity contribution is -0.131. The Labute approximate surface area is 197 Å². The fourth-order valence-electron chi connectivity index (χ4n) is 4.96. The maximum absolute atomic E-state index is 14.5. The van der Waals surface area contributed by atoms with Crippen molar-refractivity contribution in [3.05, 3.63) is 47.2 Å². The van der Waals surface area contributed by atoms with Crippen LogP contribution in [0.15, 0.2) is 24.7 Å². The molecule has 1 fully saturated rings. The first-order valence-corrected chi connectivity index (χ1v) is 11.8. The molecule has 1 aromatic carbocycles. The number of carbonyl (C=O) groups excluding carboxylic acids is 1. The number of halogens is 1. The van der Waals surface area contributed by atoms with E-state index in [1.54, 1.807) is 12.4 Å². The molecule has 0 bridgehead atoms. The zero-order valence-corrected chi connectivity index (χ0v) is 19.6. The van der Waals surface area contributed by atoms with Crippen LogP contribution in [0, 0.1) is 5.82 Å². The zero-order chi connectivity index (χ0) is 23.7. The fraction of sp³-hybridized carbons (Fsp3) is 0.500. The van der Waals surface area contributed by atoms with Gasteiger partial charge in [-0.3, -0.25) is 9.20 Å². The lowest BCUT2D eigenvalue weighted by atomic mass is 9.94. The number of aromatic nitrogens is 4. The van der Waals surface area contributed by atoms with Gasteiger partial charge in [-0.1, -0.05) is 0 Å². The summed E-state index contributed by atoms with van der Waals surface area (Å²) in [7, 11) is 3.82. The Kier molecular flexibility index (Phi) is 6.32. The molecular weight excluding hydrogens is 437 g/mol. The molecule has 10 heteroatoms. The summed E-state index contributed by atoms with van der Waals surface area (Å²) in [6.45, 7) is 2.80. The SMILES string of the molecule is CN(C)CC(=O)N1CCCC(c2cnc(NCc3c(F)ccc4c3CCO4)n3cnnc23)CC1. The number of anilines is 1. The van der Waals surface area contributed by atoms with Gasteiger partial charge in [-0.2, -0.15) is 0 Å². The third kappa shape index (κ3) is 4.42. The van der Waals surface area contributed by atoms with Gasteiger partial charge in [-0.15, -0.1) is 10.2 Å². The molecule has 1 saturated heterocycles. The van der Waals surface area contributed by atoms with Crippen LogP contribution in [0.2, 0.25) is 0 Å². The van der Waals surface area contributed by atoms with E-state index in [1.807, 2.05) is 34.5 Å². The lowest BCUT2D eigenvalue weighted by Gasteiger charge is -2.22. The molecule has 4 heterocycles. The van der Waals surface area contributed by atoms with Gasteiger partial charge in [0.2, 0.25) is 11.9 Å². The number of fused-ring (bicyclic) bond motifs is 2. The molecule has 3 aromatic rings. The van der Waals surface area contributed by atoms with Crippen LogP contribution in [-0.4, -0.2) is 75.6 Å². The molecule has 1 amide bonds. The molecular formula is C24H30FN7O2. The van der Waals surface area contributed by atoms with Gasteiger partial charge in [0.25, 0.3) is 0 Å². The van der Waals surface area contributed by atoms with E-state index in [0.717, 1.165) is 54.9 Å². The number of benzene rings is 1. The van der Waals surface area contributed by atoms with Crippen molar-refractivity contribution in [3.63, 3.8) is 0 Å². The second-order valence-corrected chi connectivity index (χ2v) is 9.26. The summed E-state index contributed by atoms with van der Waals surface area (Å²) in [6, 6.07) is 3.14. The van der Waals surface area contributed by atoms with Gasteiger partial charge >= 0.3 is 0 Å². The van der Waals surface area contributed by atoms with E-state index >= 15 is 0 Å². The second-order valence-electron chi connectivity index (χ2n) is 9.26. The van der Waals surface area contributed by atoms with Crippen molar-refractivity contribution in [2.45, 2.75) is 38.1 Å². The highest BCUT2D eigenvalue weighted by atomic mass is 19.1. The summed E-state index contributed by atoms with van der Waals surface area (Å²) >= 11 is 0. The topological polar surface area (TPSA) is 87.9 Å². The molecule has 2 aliphatic heterocycles. The van der Waals surface area contributed by atoms with Crippen molar-refractivity contribution in [1.29, 1.82) is 0 Å². The van der Waals surface area contributed by atoms with Gasteiger partial charge in [0, 0.05) is 48.9 Å². The van der Waals surface area contributed by atoms with E-state index in [-0.39, 0.29) is 17.6 Å². The molecule has 34 heavy (non-hydrogen) atoms. The monoisotopic (exact) mass is 467 g/mol. The molecule has 9 nitrogen and oxygen atoms in total. The van der Waals surface area contributed by atoms with E-state index < -0.39 is 0 Å². The maximum Gasteiger partial charge on any atom is 0.236 e. The molecule has 5 rings (SSSR count). The van der Waals surface area contributed by atoms with Crippen molar-refractivity contribution < 1.29 is 13.9 Å². The Morgan fingerprint density at radius 3 is 3.03 bits per heavy atom. The van der Waals surface area contributed by atoms with Gasteiger partial charge in [0.1, 0.15) is 17.9 Å². The summed E-state index contributed by atoms with van der Waals surface area (Å²) in [4.78, 5) is 21.0. The Bertz CT molecular complexity index is 1200. The number of nitrogens with one attached hydrogen (secondary N) is 1. The molecule has 2 aliphatic rings. The van der Waals surface area contributed by atoms with Crippen molar-refractivity contribution in [2.24, 2.45) is 0 Å². The summed E-state index contributed by atoms with van der Waals surface area (Å²) < 4.78 is 21.9. The van der Waals surface area contributed by atoms with Crippen LogP contribution in [0.1, 0.15) is 41.9 Å². The smallest absolute Gasteiger partial charge is 0.236 e. The van der Waals surface area contributed by atoms with E-state index in [2.05, 4.69) is 20.5 Å². The predicted molar refractivity (Wildman–Crippen MR) is 125 cm³/mol. The summed E-state index contributed by atoms with van der Waals surface area (Å²) in [5, 5.41) is 11.7. The number of hydrogen-bond donors (Lipinski definition) is 1. The molecule has 0 saturated carbocycles. The van der Waals surface area contributed by atoms with E-state index in [0.29, 0.717) is 37.6 Å². The van der Waals surface area contributed by atoms with E-state index in [4.69, 9.17) is 4.74 Å². The third-order valence-electron chi connectivity index (χ3n) is 6.70. The van der Waals surface area contributed by atoms with Crippen LogP contribution in [-0.2, 0) is 17.8 Å². The number of rotatable bonds is 6. The van der Waals surface area contributed by atoms with Crippen molar-refractivity contribution >= 4 is 17.5 Å². The van der Waals surface area contributed by atoms with Gasteiger partial charge < -0.3 is 19.9 Å². The summed E-state index contributed by atoms with van der Waals surface area (Å²) in [5.74, 6) is 1.48. The molecule has 180 valence electrons. The second kappa shape index (κ2) is 9.54. The highest BCUT2D eigenvalue weighted by molar-refractivity contribution is 5.78. The first-order chi connectivity index (χ1) is 16.5.